The van der Waals surface area contributed by atoms with E-state index in [1.54, 1.807) is 26.0 Å². The van der Waals surface area contributed by atoms with Crippen LogP contribution in [0.1, 0.15) is 50.2 Å². The van der Waals surface area contributed by atoms with Gasteiger partial charge in [0.25, 0.3) is 0 Å². The van der Waals surface area contributed by atoms with E-state index in [-0.39, 0.29) is 26.4 Å². The van der Waals surface area contributed by atoms with Crippen LogP contribution in [0.2, 0.25) is 0 Å². The van der Waals surface area contributed by atoms with Crippen LogP contribution < -0.4 is 4.74 Å². The predicted octanol–water partition coefficient (Wildman–Crippen LogP) is 12.8. The van der Waals surface area contributed by atoms with Crippen LogP contribution in [0.15, 0.2) is 242 Å². The SMILES string of the molecule is COc1ccc(COC[C@H]2O[C@H](OC)[C@H](OCc3ccccc3)[C@@H](OCc3ccccc3)[C@@H]2OCc2cccc(Cn3cc(CO[C@@H]4[C@@H](OCc5ccccc5)[C@H](OCc5ccccc5)[C@@H](COCc5ccccc5)O[C@H]4Sc4ccccc4)nn3)c2)cc1. The molecule has 0 spiro atoms. The lowest BCUT2D eigenvalue weighted by atomic mass is 9.97. The molecule has 0 amide bonds. The summed E-state index contributed by atoms with van der Waals surface area (Å²) in [7, 11) is 3.27. The van der Waals surface area contributed by atoms with Gasteiger partial charge in [-0.1, -0.05) is 223 Å². The summed E-state index contributed by atoms with van der Waals surface area (Å²) >= 11 is 1.59. The first-order valence-electron chi connectivity index (χ1n) is 30.2. The van der Waals surface area contributed by atoms with Crippen LogP contribution in [0.25, 0.3) is 0 Å². The molecule has 0 saturated carbocycles. The maximum Gasteiger partial charge on any atom is 0.186 e. The number of benzene rings is 8. The van der Waals surface area contributed by atoms with Crippen molar-refractivity contribution in [1.82, 2.24) is 15.0 Å². The topological polar surface area (TPSA) is 141 Å². The van der Waals surface area contributed by atoms with E-state index in [0.29, 0.717) is 51.9 Å². The molecular formula is C73H77N3O12S. The lowest BCUT2D eigenvalue weighted by Gasteiger charge is -2.46. The normalized spacial score (nSPS) is 21.8. The summed E-state index contributed by atoms with van der Waals surface area (Å²) in [6, 6.07) is 76.8. The van der Waals surface area contributed by atoms with Crippen molar-refractivity contribution >= 4 is 11.8 Å². The first kappa shape index (κ1) is 63.2. The Morgan fingerprint density at radius 1 is 0.393 bits per heavy atom. The zero-order chi connectivity index (χ0) is 60.7. The van der Waals surface area contributed by atoms with Crippen molar-refractivity contribution in [2.45, 2.75) is 125 Å². The number of hydrogen-bond donors (Lipinski definition) is 0. The number of methoxy groups -OCH3 is 2. The van der Waals surface area contributed by atoms with Crippen molar-refractivity contribution in [2.24, 2.45) is 0 Å². The average molecular weight is 1220 g/mol. The van der Waals surface area contributed by atoms with Crippen molar-refractivity contribution in [3.63, 3.8) is 0 Å². The highest BCUT2D eigenvalue weighted by Crippen LogP contribution is 2.39. The van der Waals surface area contributed by atoms with Crippen molar-refractivity contribution in [1.29, 1.82) is 0 Å². The Labute approximate surface area is 526 Å². The molecule has 2 fully saturated rings. The summed E-state index contributed by atoms with van der Waals surface area (Å²) < 4.78 is 81.5. The molecule has 0 bridgehead atoms. The largest absolute Gasteiger partial charge is 0.497 e. The van der Waals surface area contributed by atoms with E-state index >= 15 is 0 Å². The molecule has 15 nitrogen and oxygen atoms in total. The molecule has 0 radical (unpaired) electrons. The van der Waals surface area contributed by atoms with Crippen molar-refractivity contribution in [2.75, 3.05) is 27.4 Å². The first-order valence-corrected chi connectivity index (χ1v) is 31.1. The Morgan fingerprint density at radius 3 is 1.33 bits per heavy atom. The van der Waals surface area contributed by atoms with Gasteiger partial charge in [-0.05, 0) is 68.8 Å². The fourth-order valence-electron chi connectivity index (χ4n) is 10.9. The molecule has 0 aliphatic carbocycles. The second kappa shape index (κ2) is 33.4. The smallest absolute Gasteiger partial charge is 0.186 e. The molecule has 1 aromatic heterocycles. The Bertz CT molecular complexity index is 3430. The van der Waals surface area contributed by atoms with Crippen LogP contribution in [-0.4, -0.2) is 103 Å². The fourth-order valence-corrected chi connectivity index (χ4v) is 12.0. The van der Waals surface area contributed by atoms with Gasteiger partial charge < -0.3 is 56.8 Å². The molecule has 11 rings (SSSR count). The van der Waals surface area contributed by atoms with Gasteiger partial charge in [-0.2, -0.15) is 0 Å². The summed E-state index contributed by atoms with van der Waals surface area (Å²) in [5.41, 5.74) is 8.17. The van der Waals surface area contributed by atoms with E-state index in [0.717, 1.165) is 55.2 Å². The van der Waals surface area contributed by atoms with Gasteiger partial charge in [0.1, 0.15) is 65.7 Å². The number of nitrogens with zero attached hydrogens (tertiary/aromatic N) is 3. The third-order valence-corrected chi connectivity index (χ3v) is 16.6. The second-order valence-electron chi connectivity index (χ2n) is 21.9. The van der Waals surface area contributed by atoms with Gasteiger partial charge in [0.15, 0.2) is 6.29 Å². The molecule has 2 aliphatic rings. The minimum atomic E-state index is -0.783. The van der Waals surface area contributed by atoms with Crippen molar-refractivity contribution in [3.05, 3.63) is 287 Å². The summed E-state index contributed by atoms with van der Waals surface area (Å²) in [5.74, 6) is 0.772. The van der Waals surface area contributed by atoms with Crippen LogP contribution in [0.5, 0.6) is 5.75 Å². The van der Waals surface area contributed by atoms with E-state index in [1.165, 1.54) is 0 Å². The molecule has 16 heteroatoms. The Morgan fingerprint density at radius 2 is 0.809 bits per heavy atom. The second-order valence-corrected chi connectivity index (χ2v) is 23.1. The van der Waals surface area contributed by atoms with Gasteiger partial charge in [0.05, 0.1) is 85.9 Å². The first-order chi connectivity index (χ1) is 44.0. The summed E-state index contributed by atoms with van der Waals surface area (Å²) in [4.78, 5) is 1.02. The third-order valence-electron chi connectivity index (χ3n) is 15.4. The molecule has 462 valence electrons. The third kappa shape index (κ3) is 18.6. The Hall–Kier alpha value is -7.39. The lowest BCUT2D eigenvalue weighted by Crippen LogP contribution is -2.61. The van der Waals surface area contributed by atoms with Gasteiger partial charge in [0.2, 0.25) is 0 Å². The summed E-state index contributed by atoms with van der Waals surface area (Å²) in [5, 5.41) is 9.25. The number of thioether (sulfide) groups is 1. The zero-order valence-electron chi connectivity index (χ0n) is 50.2. The maximum atomic E-state index is 7.11. The van der Waals surface area contributed by atoms with Crippen molar-refractivity contribution < 1.29 is 56.8 Å². The fraction of sp³-hybridized carbons (Fsp3) is 0.315. The summed E-state index contributed by atoms with van der Waals surface area (Å²) in [6.07, 6.45) is -3.71. The highest BCUT2D eigenvalue weighted by atomic mass is 32.2. The number of hydrogen-bond acceptors (Lipinski definition) is 15. The number of ether oxygens (including phenoxy) is 12. The number of rotatable bonds is 32. The molecule has 0 unspecified atom stereocenters. The van der Waals surface area contributed by atoms with E-state index in [1.807, 2.05) is 181 Å². The van der Waals surface area contributed by atoms with Gasteiger partial charge in [0, 0.05) is 12.0 Å². The molecule has 0 N–H and O–H groups in total. The van der Waals surface area contributed by atoms with Gasteiger partial charge in [-0.3, -0.25) is 0 Å². The molecule has 8 aromatic carbocycles. The van der Waals surface area contributed by atoms with E-state index in [2.05, 4.69) is 71.0 Å². The van der Waals surface area contributed by atoms with E-state index in [9.17, 15) is 0 Å². The maximum absolute atomic E-state index is 7.11. The summed E-state index contributed by atoms with van der Waals surface area (Å²) in [6.45, 7) is 3.30. The highest BCUT2D eigenvalue weighted by molar-refractivity contribution is 7.99. The van der Waals surface area contributed by atoms with Crippen molar-refractivity contribution in [3.8, 4) is 5.75 Å². The van der Waals surface area contributed by atoms with Gasteiger partial charge >= 0.3 is 0 Å². The monoisotopic (exact) mass is 1220 g/mol. The molecule has 9 aromatic rings. The standard InChI is InChI=1S/C73H77N3O12S/c1-77-62-38-36-58(37-39-62)44-80-51-64-66(68(83-46-55-26-13-5-14-27-55)70(72(78-2)87-64)85-48-57-30-17-7-18-31-57)82-49-60-33-21-32-59(40-60)41-76-42-61(74-75-76)50-86-71-69(84-47-56-28-15-6-16-29-56)67(81-45-54-24-11-4-12-25-54)65(52-79-43-53-22-9-3-10-23-53)88-73(71)89-63-34-19-8-20-35-63/h3-40,42,64-73H,41,43-52H2,1-2H3/t64-,65-,66-,67-,68+,69+,70-,71-,72+,73+/m1/s1. The molecule has 2 saturated heterocycles. The predicted molar refractivity (Wildman–Crippen MR) is 338 cm³/mol. The molecular weight excluding hydrogens is 1140 g/mol. The average Bonchev–Trinajstić information content (AvgIpc) is 2.90. The molecule has 2 aliphatic heterocycles. The van der Waals surface area contributed by atoms with E-state index < -0.39 is 60.6 Å². The minimum absolute atomic E-state index is 0.126. The molecule has 3 heterocycles. The van der Waals surface area contributed by atoms with E-state index in [4.69, 9.17) is 56.8 Å². The molecule has 10 atom stereocenters. The quantitative estimate of drug-likeness (QED) is 0.0394. The van der Waals surface area contributed by atoms with Gasteiger partial charge in [-0.25, -0.2) is 4.68 Å². The van der Waals surface area contributed by atoms with Crippen LogP contribution >= 0.6 is 11.8 Å². The van der Waals surface area contributed by atoms with Crippen LogP contribution in [0.3, 0.4) is 0 Å². The number of aromatic nitrogens is 3. The van der Waals surface area contributed by atoms with Gasteiger partial charge in [-0.15, -0.1) is 5.10 Å². The zero-order valence-corrected chi connectivity index (χ0v) is 51.0. The Balaban J connectivity index is 0.812. The molecule has 89 heavy (non-hydrogen) atoms. The van der Waals surface area contributed by atoms with Crippen LogP contribution in [0.4, 0.5) is 0 Å². The minimum Gasteiger partial charge on any atom is -0.497 e. The lowest BCUT2D eigenvalue weighted by molar-refractivity contribution is -0.323. The Kier molecular flexibility index (Phi) is 23.7. The van der Waals surface area contributed by atoms with Crippen LogP contribution in [-0.2, 0) is 112 Å². The van der Waals surface area contributed by atoms with Crippen LogP contribution in [0, 0.1) is 0 Å². The highest BCUT2D eigenvalue weighted by Gasteiger charge is 2.50.